The number of benzene rings is 2. The van der Waals surface area contributed by atoms with Crippen molar-refractivity contribution in [2.45, 2.75) is 6.92 Å². The molecule has 0 aromatic heterocycles. The summed E-state index contributed by atoms with van der Waals surface area (Å²) >= 11 is 0. The van der Waals surface area contributed by atoms with Crippen LogP contribution < -0.4 is 10.6 Å². The van der Waals surface area contributed by atoms with E-state index in [1.165, 1.54) is 13.1 Å². The lowest BCUT2D eigenvalue weighted by Gasteiger charge is -2.10. The minimum atomic E-state index is -0.164. The first-order valence-corrected chi connectivity index (χ1v) is 6.21. The fourth-order valence-corrected chi connectivity index (χ4v) is 1.93. The second kappa shape index (κ2) is 6.23. The first kappa shape index (κ1) is 14.1. The van der Waals surface area contributed by atoms with Crippen LogP contribution in [0.15, 0.2) is 48.2 Å². The van der Waals surface area contributed by atoms with Gasteiger partial charge in [-0.25, -0.2) is 0 Å². The van der Waals surface area contributed by atoms with Crippen LogP contribution in [-0.2, 0) is 4.79 Å². The van der Waals surface area contributed by atoms with Crippen molar-refractivity contribution in [3.8, 4) is 12.1 Å². The van der Waals surface area contributed by atoms with Gasteiger partial charge < -0.3 is 10.6 Å². The van der Waals surface area contributed by atoms with Crippen LogP contribution in [0.25, 0.3) is 10.8 Å². The summed E-state index contributed by atoms with van der Waals surface area (Å²) in [5, 5.41) is 25.0. The van der Waals surface area contributed by atoms with Gasteiger partial charge in [0.25, 0.3) is 0 Å². The van der Waals surface area contributed by atoms with Gasteiger partial charge in [-0.3, -0.25) is 4.79 Å². The molecule has 0 fully saturated rings. The molecule has 2 aromatic rings. The third-order valence-corrected chi connectivity index (χ3v) is 2.80. The van der Waals surface area contributed by atoms with Crippen LogP contribution in [0.1, 0.15) is 6.92 Å². The Hall–Kier alpha value is -3.31. The fraction of sp³-hybridized carbons (Fsp3) is 0.0625. The number of nitriles is 2. The lowest BCUT2D eigenvalue weighted by atomic mass is 10.1. The molecule has 0 saturated carbocycles. The van der Waals surface area contributed by atoms with Crippen LogP contribution in [0.5, 0.6) is 0 Å². The number of nitrogens with zero attached hydrogens (tertiary/aromatic N) is 2. The second-order valence-corrected chi connectivity index (χ2v) is 4.35. The number of carbonyl (C=O) groups excluding carboxylic acids is 1. The lowest BCUT2D eigenvalue weighted by Crippen LogP contribution is -2.06. The van der Waals surface area contributed by atoms with Crippen molar-refractivity contribution in [2.24, 2.45) is 0 Å². The van der Waals surface area contributed by atoms with Crippen molar-refractivity contribution in [2.75, 3.05) is 10.6 Å². The molecule has 0 radical (unpaired) electrons. The van der Waals surface area contributed by atoms with Gasteiger partial charge in [-0.15, -0.1) is 0 Å². The van der Waals surface area contributed by atoms with Gasteiger partial charge in [-0.1, -0.05) is 24.3 Å². The van der Waals surface area contributed by atoms with Gasteiger partial charge in [0.05, 0.1) is 5.69 Å². The molecule has 0 aliphatic heterocycles. The molecule has 0 unspecified atom stereocenters. The molecule has 0 atom stereocenters. The highest BCUT2D eigenvalue weighted by atomic mass is 16.1. The van der Waals surface area contributed by atoms with Gasteiger partial charge in [0, 0.05) is 24.2 Å². The van der Waals surface area contributed by atoms with Gasteiger partial charge in [-0.05, 0) is 17.5 Å². The highest BCUT2D eigenvalue weighted by molar-refractivity contribution is 6.03. The van der Waals surface area contributed by atoms with E-state index in [2.05, 4.69) is 10.6 Å². The molecule has 0 spiro atoms. The topological polar surface area (TPSA) is 88.7 Å². The SMILES string of the molecule is CC(=O)Nc1cc(NC=C(C#N)C#N)cc2ccccc12. The summed E-state index contributed by atoms with van der Waals surface area (Å²) in [6.45, 7) is 1.44. The zero-order valence-electron chi connectivity index (χ0n) is 11.3. The zero-order valence-corrected chi connectivity index (χ0v) is 11.3. The second-order valence-electron chi connectivity index (χ2n) is 4.35. The van der Waals surface area contributed by atoms with E-state index in [9.17, 15) is 4.79 Å². The van der Waals surface area contributed by atoms with E-state index >= 15 is 0 Å². The van der Waals surface area contributed by atoms with Gasteiger partial charge in [0.2, 0.25) is 5.91 Å². The molecule has 0 saturated heterocycles. The molecule has 21 heavy (non-hydrogen) atoms. The Morgan fingerprint density at radius 2 is 1.90 bits per heavy atom. The molecule has 2 aromatic carbocycles. The summed E-state index contributed by atoms with van der Waals surface area (Å²) in [4.78, 5) is 11.3. The number of hydrogen-bond donors (Lipinski definition) is 2. The molecule has 102 valence electrons. The van der Waals surface area contributed by atoms with E-state index in [1.54, 1.807) is 18.2 Å². The number of nitrogens with one attached hydrogen (secondary N) is 2. The van der Waals surface area contributed by atoms with Crippen molar-refractivity contribution in [3.63, 3.8) is 0 Å². The van der Waals surface area contributed by atoms with Crippen molar-refractivity contribution < 1.29 is 4.79 Å². The van der Waals surface area contributed by atoms with Crippen molar-refractivity contribution in [3.05, 3.63) is 48.2 Å². The average molecular weight is 276 g/mol. The third kappa shape index (κ3) is 3.37. The Morgan fingerprint density at radius 3 is 2.57 bits per heavy atom. The molecule has 0 aliphatic rings. The summed E-state index contributed by atoms with van der Waals surface area (Å²) in [6, 6.07) is 14.8. The maximum atomic E-state index is 11.3. The van der Waals surface area contributed by atoms with Crippen LogP contribution in [0, 0.1) is 22.7 Å². The highest BCUT2D eigenvalue weighted by Gasteiger charge is 2.05. The number of carbonyl (C=O) groups is 1. The number of anilines is 2. The molecule has 0 heterocycles. The van der Waals surface area contributed by atoms with Crippen LogP contribution >= 0.6 is 0 Å². The Morgan fingerprint density at radius 1 is 1.19 bits per heavy atom. The van der Waals surface area contributed by atoms with E-state index in [0.29, 0.717) is 11.4 Å². The highest BCUT2D eigenvalue weighted by Crippen LogP contribution is 2.28. The molecule has 2 N–H and O–H groups in total. The molecule has 5 nitrogen and oxygen atoms in total. The lowest BCUT2D eigenvalue weighted by molar-refractivity contribution is -0.114. The van der Waals surface area contributed by atoms with Crippen molar-refractivity contribution in [1.82, 2.24) is 0 Å². The Labute approximate surface area is 122 Å². The summed E-state index contributed by atoms with van der Waals surface area (Å²) in [5.74, 6) is -0.164. The van der Waals surface area contributed by atoms with Gasteiger partial charge in [-0.2, -0.15) is 10.5 Å². The fourth-order valence-electron chi connectivity index (χ4n) is 1.93. The van der Waals surface area contributed by atoms with Crippen molar-refractivity contribution in [1.29, 1.82) is 10.5 Å². The summed E-state index contributed by atoms with van der Waals surface area (Å²) in [5.41, 5.74) is 1.33. The van der Waals surface area contributed by atoms with Gasteiger partial charge >= 0.3 is 0 Å². The number of fused-ring (bicyclic) bond motifs is 1. The zero-order chi connectivity index (χ0) is 15.2. The summed E-state index contributed by atoms with van der Waals surface area (Å²) in [7, 11) is 0. The first-order valence-electron chi connectivity index (χ1n) is 6.21. The number of rotatable bonds is 3. The molecule has 0 bridgehead atoms. The van der Waals surface area contributed by atoms with E-state index in [0.717, 1.165) is 10.8 Å². The standard InChI is InChI=1S/C16H12N4O/c1-11(21)20-16-7-14(19-10-12(8-17)9-18)6-13-4-2-3-5-15(13)16/h2-7,10,19H,1H3,(H,20,21). The van der Waals surface area contributed by atoms with E-state index in [1.807, 2.05) is 30.3 Å². The Kier molecular flexibility index (Phi) is 4.18. The first-order chi connectivity index (χ1) is 10.1. The number of allylic oxidation sites excluding steroid dienone is 1. The maximum absolute atomic E-state index is 11.3. The predicted octanol–water partition coefficient (Wildman–Crippen LogP) is 3.14. The van der Waals surface area contributed by atoms with Crippen LogP contribution in [-0.4, -0.2) is 5.91 Å². The van der Waals surface area contributed by atoms with Crippen molar-refractivity contribution >= 4 is 28.1 Å². The minimum absolute atomic E-state index is 0.0239. The van der Waals surface area contributed by atoms with Gasteiger partial charge in [0.15, 0.2) is 0 Å². The number of amides is 1. The third-order valence-electron chi connectivity index (χ3n) is 2.80. The largest absolute Gasteiger partial charge is 0.360 e. The smallest absolute Gasteiger partial charge is 0.221 e. The molecule has 5 heteroatoms. The summed E-state index contributed by atoms with van der Waals surface area (Å²) in [6.07, 6.45) is 1.33. The van der Waals surface area contributed by atoms with Crippen LogP contribution in [0.2, 0.25) is 0 Å². The molecule has 0 aliphatic carbocycles. The maximum Gasteiger partial charge on any atom is 0.221 e. The molecule has 2 rings (SSSR count). The number of hydrogen-bond acceptors (Lipinski definition) is 4. The molecular formula is C16H12N4O. The minimum Gasteiger partial charge on any atom is -0.360 e. The summed E-state index contributed by atoms with van der Waals surface area (Å²) < 4.78 is 0. The van der Waals surface area contributed by atoms with E-state index < -0.39 is 0 Å². The normalized spacial score (nSPS) is 9.29. The Bertz CT molecular complexity index is 793. The van der Waals surface area contributed by atoms with E-state index in [4.69, 9.17) is 10.5 Å². The van der Waals surface area contributed by atoms with E-state index in [-0.39, 0.29) is 11.5 Å². The quantitative estimate of drug-likeness (QED) is 0.843. The molecular weight excluding hydrogens is 264 g/mol. The predicted molar refractivity (Wildman–Crippen MR) is 81.2 cm³/mol. The molecule has 1 amide bonds. The van der Waals surface area contributed by atoms with Gasteiger partial charge in [0.1, 0.15) is 17.7 Å². The monoisotopic (exact) mass is 276 g/mol. The van der Waals surface area contributed by atoms with Crippen LogP contribution in [0.4, 0.5) is 11.4 Å². The Balaban J connectivity index is 2.47. The average Bonchev–Trinajstić information content (AvgIpc) is 2.48. The van der Waals surface area contributed by atoms with Crippen LogP contribution in [0.3, 0.4) is 0 Å².